The SMILES string of the molecule is Cc1ccc(-c2ccccc2)cc1N(c1ccc2cc3c(cc2c1)-c1cc2ccc(-n4c5ccc(C(C)(C)C)cc5c5cc(C(C)(C)C)ccc54)cc2cc1-3)c1cc(C(C)C)ccc1C. The largest absolute Gasteiger partial charge is 0.310 e. The van der Waals surface area contributed by atoms with Gasteiger partial charge in [-0.25, -0.2) is 0 Å². The van der Waals surface area contributed by atoms with Crippen LogP contribution in [0.25, 0.3) is 82.4 Å². The molecule has 10 aromatic rings. The molecular formula is C63H58N2. The van der Waals surface area contributed by atoms with E-state index in [2.05, 4.69) is 242 Å². The molecule has 11 rings (SSSR count). The Hall–Kier alpha value is -6.90. The standard InChI is InChI=1S/C63H58N2/c1-38(2)42-18-16-39(3)60(34-42)65(61-35-45(19-17-40(61)4)41-14-12-11-13-15-41)51-25-21-44-31-53-54-32-46-28-50(24-20-43(46)30-52(54)55(53)33-47(44)29-51)64-58-26-22-48(62(5,6)7)36-56(58)57-37-49(63(8,9)10)23-27-59(57)64/h11-38H,1-10H3. The molecule has 0 saturated heterocycles. The number of fused-ring (bicyclic) bond motifs is 9. The number of benzene rings is 9. The van der Waals surface area contributed by atoms with Gasteiger partial charge in [-0.05, 0) is 198 Å². The number of aromatic nitrogens is 1. The van der Waals surface area contributed by atoms with Crippen LogP contribution in [0.1, 0.15) is 89.1 Å². The summed E-state index contributed by atoms with van der Waals surface area (Å²) in [5.74, 6) is 0.420. The Kier molecular flexibility index (Phi) is 9.32. The van der Waals surface area contributed by atoms with Crippen LogP contribution in [0, 0.1) is 13.8 Å². The summed E-state index contributed by atoms with van der Waals surface area (Å²) in [5, 5.41) is 7.66. The first-order valence-electron chi connectivity index (χ1n) is 23.4. The fraction of sp³-hybridized carbons (Fsp3) is 0.206. The van der Waals surface area contributed by atoms with E-state index >= 15 is 0 Å². The Balaban J connectivity index is 1.01. The highest BCUT2D eigenvalue weighted by molar-refractivity contribution is 6.13. The van der Waals surface area contributed by atoms with E-state index in [0.29, 0.717) is 5.92 Å². The molecule has 65 heavy (non-hydrogen) atoms. The molecule has 0 amide bonds. The van der Waals surface area contributed by atoms with Gasteiger partial charge in [0, 0.05) is 33.5 Å². The molecular weight excluding hydrogens is 785 g/mol. The molecule has 1 aliphatic carbocycles. The molecule has 0 bridgehead atoms. The van der Waals surface area contributed by atoms with E-state index in [1.165, 1.54) is 122 Å². The molecule has 0 atom stereocenters. The lowest BCUT2D eigenvalue weighted by Gasteiger charge is -2.30. The van der Waals surface area contributed by atoms with Crippen LogP contribution in [0.2, 0.25) is 0 Å². The second kappa shape index (κ2) is 14.8. The summed E-state index contributed by atoms with van der Waals surface area (Å²) in [6.45, 7) is 22.9. The van der Waals surface area contributed by atoms with Crippen molar-refractivity contribution >= 4 is 60.4 Å². The van der Waals surface area contributed by atoms with Crippen LogP contribution in [0.3, 0.4) is 0 Å². The molecule has 0 unspecified atom stereocenters. The van der Waals surface area contributed by atoms with Crippen LogP contribution in [0.5, 0.6) is 0 Å². The van der Waals surface area contributed by atoms with Gasteiger partial charge >= 0.3 is 0 Å². The van der Waals surface area contributed by atoms with Gasteiger partial charge in [0.2, 0.25) is 0 Å². The summed E-state index contributed by atoms with van der Waals surface area (Å²) in [4.78, 5) is 2.49. The van der Waals surface area contributed by atoms with Gasteiger partial charge in [-0.3, -0.25) is 0 Å². The van der Waals surface area contributed by atoms with Crippen molar-refractivity contribution in [2.75, 3.05) is 4.90 Å². The van der Waals surface area contributed by atoms with Crippen molar-refractivity contribution in [3.8, 4) is 39.1 Å². The topological polar surface area (TPSA) is 8.17 Å². The summed E-state index contributed by atoms with van der Waals surface area (Å²) in [5.41, 5.74) is 21.7. The van der Waals surface area contributed by atoms with Crippen molar-refractivity contribution in [1.82, 2.24) is 4.57 Å². The van der Waals surface area contributed by atoms with Gasteiger partial charge in [-0.1, -0.05) is 134 Å². The van der Waals surface area contributed by atoms with Gasteiger partial charge in [0.1, 0.15) is 0 Å². The van der Waals surface area contributed by atoms with Crippen LogP contribution < -0.4 is 4.90 Å². The lowest BCUT2D eigenvalue weighted by molar-refractivity contribution is 0.590. The average Bonchev–Trinajstić information content (AvgIpc) is 3.62. The molecule has 0 saturated carbocycles. The predicted molar refractivity (Wildman–Crippen MR) is 281 cm³/mol. The van der Waals surface area contributed by atoms with E-state index in [1.54, 1.807) is 0 Å². The maximum atomic E-state index is 2.49. The molecule has 1 heterocycles. The third-order valence-corrected chi connectivity index (χ3v) is 14.2. The molecule has 1 aliphatic rings. The van der Waals surface area contributed by atoms with Crippen molar-refractivity contribution < 1.29 is 0 Å². The molecule has 1 aromatic heterocycles. The molecule has 0 fully saturated rings. The average molecular weight is 843 g/mol. The maximum absolute atomic E-state index is 2.49. The Morgan fingerprint density at radius 3 is 1.52 bits per heavy atom. The van der Waals surface area contributed by atoms with Crippen LogP contribution in [-0.4, -0.2) is 4.57 Å². The summed E-state index contributed by atoms with van der Waals surface area (Å²) >= 11 is 0. The fourth-order valence-electron chi connectivity index (χ4n) is 10.2. The summed E-state index contributed by atoms with van der Waals surface area (Å²) in [6.07, 6.45) is 0. The van der Waals surface area contributed by atoms with E-state index in [0.717, 1.165) is 5.69 Å². The lowest BCUT2D eigenvalue weighted by Crippen LogP contribution is -2.13. The van der Waals surface area contributed by atoms with Crippen LogP contribution in [0.4, 0.5) is 17.1 Å². The Morgan fingerprint density at radius 2 is 0.954 bits per heavy atom. The maximum Gasteiger partial charge on any atom is 0.0541 e. The minimum Gasteiger partial charge on any atom is -0.310 e. The normalized spacial score (nSPS) is 12.6. The fourth-order valence-corrected chi connectivity index (χ4v) is 10.2. The zero-order valence-electron chi connectivity index (χ0n) is 39.6. The highest BCUT2D eigenvalue weighted by Crippen LogP contribution is 2.51. The third-order valence-electron chi connectivity index (χ3n) is 14.2. The zero-order valence-corrected chi connectivity index (χ0v) is 39.6. The Labute approximate surface area is 384 Å². The minimum atomic E-state index is 0.0623. The minimum absolute atomic E-state index is 0.0623. The highest BCUT2D eigenvalue weighted by Gasteiger charge is 2.26. The van der Waals surface area contributed by atoms with E-state index in [-0.39, 0.29) is 10.8 Å². The quantitative estimate of drug-likeness (QED) is 0.162. The zero-order chi connectivity index (χ0) is 45.1. The Morgan fingerprint density at radius 1 is 0.431 bits per heavy atom. The lowest BCUT2D eigenvalue weighted by atomic mass is 9.78. The van der Waals surface area contributed by atoms with Gasteiger partial charge in [-0.15, -0.1) is 0 Å². The van der Waals surface area contributed by atoms with Crippen molar-refractivity contribution in [2.45, 2.75) is 86.0 Å². The Bertz CT molecular complexity index is 3480. The van der Waals surface area contributed by atoms with Gasteiger partial charge in [0.15, 0.2) is 0 Å². The number of rotatable bonds is 6. The van der Waals surface area contributed by atoms with E-state index < -0.39 is 0 Å². The van der Waals surface area contributed by atoms with Crippen molar-refractivity contribution in [1.29, 1.82) is 0 Å². The second-order valence-corrected chi connectivity index (χ2v) is 21.1. The molecule has 2 nitrogen and oxygen atoms in total. The number of hydrogen-bond acceptors (Lipinski definition) is 1. The highest BCUT2D eigenvalue weighted by atomic mass is 15.1. The molecule has 9 aromatic carbocycles. The second-order valence-electron chi connectivity index (χ2n) is 21.1. The molecule has 0 aliphatic heterocycles. The number of aryl methyl sites for hydroxylation is 2. The first kappa shape index (κ1) is 40.8. The van der Waals surface area contributed by atoms with Gasteiger partial charge in [0.25, 0.3) is 0 Å². The first-order valence-corrected chi connectivity index (χ1v) is 23.4. The van der Waals surface area contributed by atoms with Crippen LogP contribution >= 0.6 is 0 Å². The summed E-state index contributed by atoms with van der Waals surface area (Å²) in [7, 11) is 0. The molecule has 320 valence electrons. The number of nitrogens with zero attached hydrogens (tertiary/aromatic N) is 2. The first-order chi connectivity index (χ1) is 31.1. The van der Waals surface area contributed by atoms with Gasteiger partial charge in [0.05, 0.1) is 11.0 Å². The van der Waals surface area contributed by atoms with Crippen molar-refractivity contribution in [2.24, 2.45) is 0 Å². The molecule has 0 spiro atoms. The van der Waals surface area contributed by atoms with Gasteiger partial charge < -0.3 is 9.47 Å². The predicted octanol–water partition coefficient (Wildman–Crippen LogP) is 18.2. The third kappa shape index (κ3) is 6.85. The van der Waals surface area contributed by atoms with Gasteiger partial charge in [-0.2, -0.15) is 0 Å². The van der Waals surface area contributed by atoms with Crippen LogP contribution in [0.15, 0.2) is 164 Å². The monoisotopic (exact) mass is 842 g/mol. The number of hydrogen-bond donors (Lipinski definition) is 0. The van der Waals surface area contributed by atoms with Crippen LogP contribution in [-0.2, 0) is 10.8 Å². The molecule has 2 heteroatoms. The van der Waals surface area contributed by atoms with E-state index in [1.807, 2.05) is 0 Å². The van der Waals surface area contributed by atoms with Crippen molar-refractivity contribution in [3.63, 3.8) is 0 Å². The number of anilines is 3. The molecule has 0 radical (unpaired) electrons. The van der Waals surface area contributed by atoms with Crippen molar-refractivity contribution in [3.05, 3.63) is 192 Å². The van der Waals surface area contributed by atoms with E-state index in [4.69, 9.17) is 0 Å². The smallest absolute Gasteiger partial charge is 0.0541 e. The summed E-state index contributed by atoms with van der Waals surface area (Å²) in [6, 6.07) is 62.5. The van der Waals surface area contributed by atoms with E-state index in [9.17, 15) is 0 Å². The molecule has 0 N–H and O–H groups in total. The summed E-state index contributed by atoms with van der Waals surface area (Å²) < 4.78 is 2.48.